The fourth-order valence-corrected chi connectivity index (χ4v) is 5.28. The predicted octanol–water partition coefficient (Wildman–Crippen LogP) is 2.32. The summed E-state index contributed by atoms with van der Waals surface area (Å²) in [7, 11) is -3.02. The van der Waals surface area contributed by atoms with Crippen molar-refractivity contribution in [2.24, 2.45) is 0 Å². The molecule has 1 unspecified atom stereocenters. The van der Waals surface area contributed by atoms with Crippen molar-refractivity contribution in [1.82, 2.24) is 14.7 Å². The molecule has 0 spiro atoms. The first-order valence-corrected chi connectivity index (χ1v) is 11.4. The molecule has 1 amide bonds. The van der Waals surface area contributed by atoms with Gasteiger partial charge in [-0.3, -0.25) is 9.69 Å². The van der Waals surface area contributed by atoms with Crippen molar-refractivity contribution in [1.29, 1.82) is 0 Å². The Kier molecular flexibility index (Phi) is 6.20. The third-order valence-electron chi connectivity index (χ3n) is 4.98. The Morgan fingerprint density at radius 1 is 1.32 bits per heavy atom. The van der Waals surface area contributed by atoms with Gasteiger partial charge < -0.3 is 5.32 Å². The predicted molar refractivity (Wildman–Crippen MR) is 110 cm³/mol. The van der Waals surface area contributed by atoms with Crippen molar-refractivity contribution in [2.75, 3.05) is 29.9 Å². The zero-order valence-electron chi connectivity index (χ0n) is 16.7. The summed E-state index contributed by atoms with van der Waals surface area (Å²) < 4.78 is 25.3. The second kappa shape index (κ2) is 8.45. The van der Waals surface area contributed by atoms with Gasteiger partial charge in [0.1, 0.15) is 5.82 Å². The van der Waals surface area contributed by atoms with Crippen LogP contribution < -0.4 is 5.32 Å². The minimum atomic E-state index is -3.02. The molecule has 1 fully saturated rings. The van der Waals surface area contributed by atoms with Crippen LogP contribution in [0.25, 0.3) is 0 Å². The molecule has 1 aromatic carbocycles. The van der Waals surface area contributed by atoms with Crippen LogP contribution in [-0.4, -0.2) is 53.6 Å². The van der Waals surface area contributed by atoms with Crippen LogP contribution in [0.2, 0.25) is 0 Å². The van der Waals surface area contributed by atoms with Crippen LogP contribution in [0.4, 0.5) is 5.82 Å². The van der Waals surface area contributed by atoms with E-state index in [0.717, 1.165) is 12.2 Å². The van der Waals surface area contributed by atoms with E-state index in [2.05, 4.69) is 40.4 Å². The molecule has 3 rings (SSSR count). The molecule has 1 N–H and O–H groups in total. The first-order chi connectivity index (χ1) is 13.3. The van der Waals surface area contributed by atoms with Crippen molar-refractivity contribution in [3.05, 3.63) is 47.2 Å². The number of sulfone groups is 1. The average molecular weight is 405 g/mol. The van der Waals surface area contributed by atoms with E-state index in [4.69, 9.17) is 0 Å². The number of carbonyl (C=O) groups is 1. The number of nitrogens with zero attached hydrogens (tertiary/aromatic N) is 3. The number of amides is 1. The number of likely N-dealkylation sites (N-methyl/N-ethyl adjacent to an activating group) is 1. The maximum absolute atomic E-state index is 12.6. The largest absolute Gasteiger partial charge is 0.310 e. The van der Waals surface area contributed by atoms with Gasteiger partial charge in [-0.15, -0.1) is 0 Å². The van der Waals surface area contributed by atoms with Gasteiger partial charge in [0, 0.05) is 12.6 Å². The van der Waals surface area contributed by atoms with Gasteiger partial charge >= 0.3 is 0 Å². The second-order valence-corrected chi connectivity index (χ2v) is 9.74. The number of anilines is 1. The second-order valence-electron chi connectivity index (χ2n) is 7.51. The lowest BCUT2D eigenvalue weighted by Gasteiger charge is -2.21. The van der Waals surface area contributed by atoms with Gasteiger partial charge in [0.2, 0.25) is 5.91 Å². The van der Waals surface area contributed by atoms with Crippen LogP contribution in [0.5, 0.6) is 0 Å². The molecule has 1 aliphatic rings. The van der Waals surface area contributed by atoms with Crippen molar-refractivity contribution in [3.8, 4) is 0 Å². The highest BCUT2D eigenvalue weighted by Gasteiger charge is 2.31. The van der Waals surface area contributed by atoms with E-state index in [1.165, 1.54) is 11.1 Å². The van der Waals surface area contributed by atoms with Gasteiger partial charge in [-0.05, 0) is 32.4 Å². The smallest absolute Gasteiger partial charge is 0.239 e. The first-order valence-electron chi connectivity index (χ1n) is 9.60. The molecule has 152 valence electrons. The Bertz CT molecular complexity index is 952. The molecule has 1 atom stereocenters. The number of rotatable bonds is 7. The zero-order chi connectivity index (χ0) is 20.3. The number of aryl methyl sites for hydroxylation is 2. The van der Waals surface area contributed by atoms with Crippen LogP contribution in [0, 0.1) is 13.8 Å². The van der Waals surface area contributed by atoms with Crippen molar-refractivity contribution < 1.29 is 13.2 Å². The maximum Gasteiger partial charge on any atom is 0.239 e. The molecule has 28 heavy (non-hydrogen) atoms. The maximum atomic E-state index is 12.6. The van der Waals surface area contributed by atoms with E-state index >= 15 is 0 Å². The van der Waals surface area contributed by atoms with Crippen molar-refractivity contribution in [2.45, 2.75) is 39.8 Å². The van der Waals surface area contributed by atoms with Crippen molar-refractivity contribution >= 4 is 21.6 Å². The lowest BCUT2D eigenvalue weighted by atomic mass is 10.1. The quantitative estimate of drug-likeness (QED) is 0.766. The Hall–Kier alpha value is -2.19. The van der Waals surface area contributed by atoms with Crippen LogP contribution in [0.3, 0.4) is 0 Å². The minimum Gasteiger partial charge on any atom is -0.310 e. The summed E-state index contributed by atoms with van der Waals surface area (Å²) in [6.07, 6.45) is 0.529. The molecule has 1 saturated heterocycles. The highest BCUT2D eigenvalue weighted by molar-refractivity contribution is 7.91. The lowest BCUT2D eigenvalue weighted by Crippen LogP contribution is -2.33. The van der Waals surface area contributed by atoms with E-state index in [0.29, 0.717) is 18.8 Å². The van der Waals surface area contributed by atoms with E-state index in [1.807, 2.05) is 19.9 Å². The van der Waals surface area contributed by atoms with Gasteiger partial charge in [0.15, 0.2) is 9.84 Å². The standard InChI is InChI=1S/C20H28N4O3S/c1-4-23(12-17-7-5-6-15(2)10-17)13-20(25)21-19-11-16(3)22-24(19)18-8-9-28(26,27)14-18/h5-7,10-11,18H,4,8-9,12-14H2,1-3H3,(H,21,25). The zero-order valence-corrected chi connectivity index (χ0v) is 17.5. The van der Waals surface area contributed by atoms with Gasteiger partial charge in [0.05, 0.1) is 29.8 Å². The van der Waals surface area contributed by atoms with Crippen LogP contribution >= 0.6 is 0 Å². The van der Waals surface area contributed by atoms with E-state index in [9.17, 15) is 13.2 Å². The number of benzene rings is 1. The van der Waals surface area contributed by atoms with E-state index in [-0.39, 0.29) is 30.0 Å². The summed E-state index contributed by atoms with van der Waals surface area (Å²) in [5.41, 5.74) is 3.13. The van der Waals surface area contributed by atoms with E-state index < -0.39 is 9.84 Å². The Morgan fingerprint density at radius 3 is 2.75 bits per heavy atom. The lowest BCUT2D eigenvalue weighted by molar-refractivity contribution is -0.117. The summed E-state index contributed by atoms with van der Waals surface area (Å²) in [6.45, 7) is 7.63. The number of nitrogens with one attached hydrogen (secondary N) is 1. The normalized spacial score (nSPS) is 18.5. The Morgan fingerprint density at radius 2 is 2.11 bits per heavy atom. The van der Waals surface area contributed by atoms with Crippen LogP contribution in [0.15, 0.2) is 30.3 Å². The number of aromatic nitrogens is 2. The molecule has 8 heteroatoms. The molecule has 1 aromatic heterocycles. The van der Waals surface area contributed by atoms with Crippen LogP contribution in [0.1, 0.15) is 36.2 Å². The number of carbonyl (C=O) groups excluding carboxylic acids is 1. The van der Waals surface area contributed by atoms with Crippen molar-refractivity contribution in [3.63, 3.8) is 0 Å². The summed E-state index contributed by atoms with van der Waals surface area (Å²) in [4.78, 5) is 14.7. The molecular weight excluding hydrogens is 376 g/mol. The highest BCUT2D eigenvalue weighted by atomic mass is 32.2. The third-order valence-corrected chi connectivity index (χ3v) is 6.73. The fraction of sp³-hybridized carbons (Fsp3) is 0.500. The van der Waals surface area contributed by atoms with Gasteiger partial charge in [-0.25, -0.2) is 13.1 Å². The minimum absolute atomic E-state index is 0.0748. The topological polar surface area (TPSA) is 84.3 Å². The Balaban J connectivity index is 1.66. The fourth-order valence-electron chi connectivity index (χ4n) is 3.59. The van der Waals surface area contributed by atoms with Gasteiger partial charge in [-0.1, -0.05) is 36.8 Å². The molecule has 0 bridgehead atoms. The monoisotopic (exact) mass is 404 g/mol. The molecule has 0 radical (unpaired) electrons. The highest BCUT2D eigenvalue weighted by Crippen LogP contribution is 2.27. The van der Waals surface area contributed by atoms with Gasteiger partial charge in [-0.2, -0.15) is 5.10 Å². The molecule has 0 aliphatic carbocycles. The number of hydrogen-bond donors (Lipinski definition) is 1. The SMILES string of the molecule is CCN(CC(=O)Nc1cc(C)nn1C1CCS(=O)(=O)C1)Cc1cccc(C)c1. The third kappa shape index (κ3) is 5.20. The molecular formula is C20H28N4O3S. The molecule has 2 aromatic rings. The van der Waals surface area contributed by atoms with E-state index in [1.54, 1.807) is 10.7 Å². The molecule has 2 heterocycles. The number of hydrogen-bond acceptors (Lipinski definition) is 5. The summed E-state index contributed by atoms with van der Waals surface area (Å²) in [5, 5.41) is 7.33. The molecule has 7 nitrogen and oxygen atoms in total. The van der Waals surface area contributed by atoms with Gasteiger partial charge in [0.25, 0.3) is 0 Å². The summed E-state index contributed by atoms with van der Waals surface area (Å²) in [6, 6.07) is 9.84. The summed E-state index contributed by atoms with van der Waals surface area (Å²) in [5.74, 6) is 0.683. The molecule has 1 aliphatic heterocycles. The summed E-state index contributed by atoms with van der Waals surface area (Å²) >= 11 is 0. The molecule has 0 saturated carbocycles. The average Bonchev–Trinajstić information content (AvgIpc) is 3.15. The first kappa shape index (κ1) is 20.5. The Labute approximate surface area is 166 Å². The van der Waals surface area contributed by atoms with Crippen LogP contribution in [-0.2, 0) is 21.2 Å².